The monoisotopic (exact) mass is 723 g/mol. The molecule has 0 radical (unpaired) electrons. The molecule has 7 aromatic carbocycles. The van der Waals surface area contributed by atoms with Crippen LogP contribution in [0, 0.1) is 0 Å². The van der Waals surface area contributed by atoms with Gasteiger partial charge in [0, 0.05) is 33.1 Å². The predicted molar refractivity (Wildman–Crippen MR) is 223 cm³/mol. The number of hydrogen-bond acceptors (Lipinski definition) is 5. The SMILES string of the molecule is CC1(C)c2ccccc2-c2ccc(-c3nc(-c4ccccc4)nc(-c4cccc(-c5cccc6c5Oc5cc7c(cc5O6)-c5ccccc5C7(C)C)c4)n3)cc21. The number of benzene rings is 7. The number of rotatable bonds is 4. The maximum Gasteiger partial charge on any atom is 0.177 e. The van der Waals surface area contributed by atoms with E-state index >= 15 is 0 Å². The van der Waals surface area contributed by atoms with Gasteiger partial charge in [0.05, 0.1) is 0 Å². The molecule has 0 unspecified atom stereocenters. The van der Waals surface area contributed by atoms with Crippen LogP contribution in [-0.4, -0.2) is 15.0 Å². The molecule has 0 saturated heterocycles. The first-order valence-electron chi connectivity index (χ1n) is 19.2. The van der Waals surface area contributed by atoms with Crippen molar-refractivity contribution >= 4 is 0 Å². The lowest BCUT2D eigenvalue weighted by Crippen LogP contribution is -2.15. The second kappa shape index (κ2) is 11.8. The van der Waals surface area contributed by atoms with Crippen molar-refractivity contribution in [3.05, 3.63) is 174 Å². The highest BCUT2D eigenvalue weighted by Crippen LogP contribution is 2.56. The van der Waals surface area contributed by atoms with Crippen LogP contribution in [0.2, 0.25) is 0 Å². The molecular formula is C51H37N3O2. The van der Waals surface area contributed by atoms with Gasteiger partial charge in [-0.3, -0.25) is 0 Å². The van der Waals surface area contributed by atoms with Crippen LogP contribution in [0.25, 0.3) is 67.5 Å². The first-order chi connectivity index (χ1) is 27.2. The van der Waals surface area contributed by atoms with Crippen molar-refractivity contribution in [2.24, 2.45) is 0 Å². The average Bonchev–Trinajstić information content (AvgIpc) is 3.60. The van der Waals surface area contributed by atoms with Gasteiger partial charge in [-0.25, -0.2) is 15.0 Å². The molecule has 0 fully saturated rings. The van der Waals surface area contributed by atoms with E-state index in [-0.39, 0.29) is 10.8 Å². The predicted octanol–water partition coefficient (Wildman–Crippen LogP) is 13.1. The fourth-order valence-electron chi connectivity index (χ4n) is 9.04. The number of ether oxygens (including phenoxy) is 2. The molecule has 3 aliphatic rings. The zero-order valence-corrected chi connectivity index (χ0v) is 31.6. The summed E-state index contributed by atoms with van der Waals surface area (Å²) in [6.07, 6.45) is 0. The highest BCUT2D eigenvalue weighted by Gasteiger charge is 2.38. The van der Waals surface area contributed by atoms with Gasteiger partial charge in [0.1, 0.15) is 0 Å². The first-order valence-corrected chi connectivity index (χ1v) is 19.2. The van der Waals surface area contributed by atoms with Crippen LogP contribution in [0.1, 0.15) is 49.9 Å². The summed E-state index contributed by atoms with van der Waals surface area (Å²) in [5.74, 6) is 4.67. The third-order valence-electron chi connectivity index (χ3n) is 12.0. The molecular weight excluding hydrogens is 687 g/mol. The van der Waals surface area contributed by atoms with Crippen molar-refractivity contribution in [2.75, 3.05) is 0 Å². The van der Waals surface area contributed by atoms with Crippen molar-refractivity contribution in [3.8, 4) is 90.5 Å². The van der Waals surface area contributed by atoms with Gasteiger partial charge in [0.2, 0.25) is 0 Å². The van der Waals surface area contributed by atoms with Crippen LogP contribution >= 0.6 is 0 Å². The second-order valence-corrected chi connectivity index (χ2v) is 16.0. The number of aromatic nitrogens is 3. The lowest BCUT2D eigenvalue weighted by Gasteiger charge is -2.26. The molecule has 0 saturated carbocycles. The van der Waals surface area contributed by atoms with E-state index in [1.807, 2.05) is 42.5 Å². The molecule has 2 heterocycles. The van der Waals surface area contributed by atoms with E-state index in [0.29, 0.717) is 29.0 Å². The molecule has 5 nitrogen and oxygen atoms in total. The number of fused-ring (bicyclic) bond motifs is 8. The normalized spacial score (nSPS) is 14.6. The van der Waals surface area contributed by atoms with Crippen molar-refractivity contribution in [1.82, 2.24) is 15.0 Å². The minimum Gasteiger partial charge on any atom is -0.449 e. The Balaban J connectivity index is 0.997. The number of nitrogens with zero attached hydrogens (tertiary/aromatic N) is 3. The topological polar surface area (TPSA) is 57.1 Å². The Morgan fingerprint density at radius 1 is 0.339 bits per heavy atom. The van der Waals surface area contributed by atoms with Crippen molar-refractivity contribution in [3.63, 3.8) is 0 Å². The molecule has 56 heavy (non-hydrogen) atoms. The third-order valence-corrected chi connectivity index (χ3v) is 12.0. The summed E-state index contributed by atoms with van der Waals surface area (Å²) in [6.45, 7) is 9.14. The van der Waals surface area contributed by atoms with Gasteiger partial charge < -0.3 is 9.47 Å². The van der Waals surface area contributed by atoms with E-state index in [2.05, 4.69) is 137 Å². The average molecular weight is 724 g/mol. The van der Waals surface area contributed by atoms with Crippen LogP contribution in [0.3, 0.4) is 0 Å². The highest BCUT2D eigenvalue weighted by molar-refractivity contribution is 5.86. The van der Waals surface area contributed by atoms with Gasteiger partial charge in [-0.2, -0.15) is 0 Å². The van der Waals surface area contributed by atoms with Crippen LogP contribution in [0.5, 0.6) is 23.0 Å². The third kappa shape index (κ3) is 4.83. The van der Waals surface area contributed by atoms with E-state index in [4.69, 9.17) is 24.4 Å². The summed E-state index contributed by atoms with van der Waals surface area (Å²) in [5, 5.41) is 0. The van der Waals surface area contributed by atoms with Gasteiger partial charge >= 0.3 is 0 Å². The summed E-state index contributed by atoms with van der Waals surface area (Å²) in [7, 11) is 0. The Bertz CT molecular complexity index is 2930. The molecule has 5 heteroatoms. The zero-order valence-electron chi connectivity index (χ0n) is 31.6. The van der Waals surface area contributed by atoms with Crippen molar-refractivity contribution < 1.29 is 9.47 Å². The fourth-order valence-corrected chi connectivity index (χ4v) is 9.04. The van der Waals surface area contributed by atoms with Gasteiger partial charge in [-0.15, -0.1) is 0 Å². The van der Waals surface area contributed by atoms with E-state index in [9.17, 15) is 0 Å². The Morgan fingerprint density at radius 2 is 0.857 bits per heavy atom. The molecule has 11 rings (SSSR count). The van der Waals surface area contributed by atoms with E-state index in [1.54, 1.807) is 0 Å². The van der Waals surface area contributed by atoms with Crippen molar-refractivity contribution in [2.45, 2.75) is 38.5 Å². The molecule has 1 aliphatic heterocycles. The molecule has 1 aromatic heterocycles. The maximum absolute atomic E-state index is 6.79. The number of hydrogen-bond donors (Lipinski definition) is 0. The van der Waals surface area contributed by atoms with Gasteiger partial charge in [0.25, 0.3) is 0 Å². The Labute approximate surface area is 326 Å². The molecule has 0 atom stereocenters. The minimum absolute atomic E-state index is 0.142. The second-order valence-electron chi connectivity index (χ2n) is 16.0. The molecule has 0 N–H and O–H groups in total. The smallest absolute Gasteiger partial charge is 0.177 e. The Morgan fingerprint density at radius 3 is 1.59 bits per heavy atom. The maximum atomic E-state index is 6.79. The summed E-state index contributed by atoms with van der Waals surface area (Å²) in [5.41, 5.74) is 14.5. The highest BCUT2D eigenvalue weighted by atomic mass is 16.6. The summed E-state index contributed by atoms with van der Waals surface area (Å²) in [6, 6.07) is 52.8. The van der Waals surface area contributed by atoms with Crippen LogP contribution in [-0.2, 0) is 10.8 Å². The van der Waals surface area contributed by atoms with Crippen LogP contribution in [0.4, 0.5) is 0 Å². The van der Waals surface area contributed by atoms with E-state index in [1.165, 1.54) is 44.5 Å². The zero-order chi connectivity index (χ0) is 37.8. The Hall–Kier alpha value is -6.85. The molecule has 2 aliphatic carbocycles. The van der Waals surface area contributed by atoms with Gasteiger partial charge in [0.15, 0.2) is 40.5 Å². The van der Waals surface area contributed by atoms with Crippen LogP contribution < -0.4 is 9.47 Å². The first kappa shape index (κ1) is 32.6. The lowest BCUT2D eigenvalue weighted by molar-refractivity contribution is 0.360. The molecule has 0 spiro atoms. The van der Waals surface area contributed by atoms with E-state index in [0.717, 1.165) is 39.3 Å². The number of para-hydroxylation sites is 1. The summed E-state index contributed by atoms with van der Waals surface area (Å²) in [4.78, 5) is 15.3. The summed E-state index contributed by atoms with van der Waals surface area (Å²) >= 11 is 0. The van der Waals surface area contributed by atoms with Crippen molar-refractivity contribution in [1.29, 1.82) is 0 Å². The van der Waals surface area contributed by atoms with E-state index < -0.39 is 0 Å². The fraction of sp³-hybridized carbons (Fsp3) is 0.118. The van der Waals surface area contributed by atoms with Crippen LogP contribution in [0.15, 0.2) is 152 Å². The largest absolute Gasteiger partial charge is 0.449 e. The minimum atomic E-state index is -0.151. The summed E-state index contributed by atoms with van der Waals surface area (Å²) < 4.78 is 13.4. The van der Waals surface area contributed by atoms with Gasteiger partial charge in [-0.1, -0.05) is 149 Å². The standard InChI is InChI=1S/C51H37N3O2/c1-50(2)39-21-10-8-18-35(39)37-25-24-33(27-41(37)50)49-53-47(30-14-6-5-7-15-30)52-48(54-49)32-17-12-16-31(26-32)34-20-13-23-43-46(34)56-45-29-42-38(28-44(45)55-43)36-19-9-11-22-40(36)51(42,3)4/h5-29H,1-4H3. The molecule has 0 bridgehead atoms. The molecule has 0 amide bonds. The Kier molecular flexibility index (Phi) is 6.88. The lowest BCUT2D eigenvalue weighted by atomic mass is 9.82. The van der Waals surface area contributed by atoms with Gasteiger partial charge in [-0.05, 0) is 80.4 Å². The molecule has 8 aromatic rings. The molecule has 268 valence electrons. The quantitative estimate of drug-likeness (QED) is 0.181.